The van der Waals surface area contributed by atoms with Gasteiger partial charge >= 0.3 is 0 Å². The number of guanidine groups is 1. The minimum Gasteiger partial charge on any atom is -0.368 e. The Bertz CT molecular complexity index is 128. The molecule has 0 aliphatic carbocycles. The molecule has 0 aliphatic heterocycles. The molecule has 0 bridgehead atoms. The lowest BCUT2D eigenvalue weighted by molar-refractivity contribution is 0.659. The van der Waals surface area contributed by atoms with Crippen LogP contribution < -0.4 is 5.73 Å². The van der Waals surface area contributed by atoms with Crippen molar-refractivity contribution in [3.8, 4) is 0 Å². The third kappa shape index (κ3) is 5.57. The van der Waals surface area contributed by atoms with Gasteiger partial charge in [0.1, 0.15) is 0 Å². The van der Waals surface area contributed by atoms with Gasteiger partial charge in [-0.05, 0) is 31.2 Å². The van der Waals surface area contributed by atoms with Crippen LogP contribution in [0.4, 0.5) is 0 Å². The van der Waals surface area contributed by atoms with Crippen molar-refractivity contribution in [1.29, 1.82) is 0 Å². The second kappa shape index (κ2) is 7.00. The van der Waals surface area contributed by atoms with E-state index >= 15 is 0 Å². The van der Waals surface area contributed by atoms with Crippen molar-refractivity contribution in [2.24, 2.45) is 10.1 Å². The average Bonchev–Trinajstić information content (AvgIpc) is 2.03. The van der Waals surface area contributed by atoms with Crippen molar-refractivity contribution < 1.29 is 0 Å². The second-order valence-corrected chi connectivity index (χ2v) is 3.60. The molecule has 0 rings (SSSR count). The molecular weight excluding hydrogens is 198 g/mol. The first-order valence-electron chi connectivity index (χ1n) is 3.15. The Kier molecular flexibility index (Phi) is 7.20. The summed E-state index contributed by atoms with van der Waals surface area (Å²) in [4.78, 5) is 0. The lowest BCUT2D eigenvalue weighted by atomic mass is 10.5. The van der Waals surface area contributed by atoms with E-state index in [1.165, 1.54) is 0 Å². The second-order valence-electron chi connectivity index (χ2n) is 1.93. The van der Waals surface area contributed by atoms with Gasteiger partial charge < -0.3 is 5.73 Å². The fourth-order valence-electron chi connectivity index (χ4n) is 0.525. The highest BCUT2D eigenvalue weighted by atomic mass is 32.2. The lowest BCUT2D eigenvalue weighted by Gasteiger charge is -2.14. The van der Waals surface area contributed by atoms with Crippen LogP contribution >= 0.6 is 37.4 Å². The minimum atomic E-state index is 0.345. The first-order chi connectivity index (χ1) is 5.22. The Morgan fingerprint density at radius 1 is 1.73 bits per heavy atom. The molecule has 0 unspecified atom stereocenters. The van der Waals surface area contributed by atoms with Crippen LogP contribution in [0.2, 0.25) is 0 Å². The zero-order chi connectivity index (χ0) is 8.69. The van der Waals surface area contributed by atoms with Crippen LogP contribution in [0.25, 0.3) is 0 Å². The molecule has 0 radical (unpaired) electrons. The van der Waals surface area contributed by atoms with Crippen LogP contribution in [-0.4, -0.2) is 28.8 Å². The van der Waals surface area contributed by atoms with Crippen LogP contribution in [0.5, 0.6) is 0 Å². The summed E-state index contributed by atoms with van der Waals surface area (Å²) >= 11 is 9.57. The molecule has 0 heterocycles. The molecule has 0 aliphatic rings. The van der Waals surface area contributed by atoms with Crippen molar-refractivity contribution >= 4 is 43.4 Å². The van der Waals surface area contributed by atoms with Gasteiger partial charge in [0.25, 0.3) is 0 Å². The molecule has 0 atom stereocenters. The highest BCUT2D eigenvalue weighted by molar-refractivity contribution is 7.98. The zero-order valence-corrected chi connectivity index (χ0v) is 9.00. The Hall–Kier alpha value is 0.320. The normalized spacial score (nSPS) is 11.7. The van der Waals surface area contributed by atoms with Crippen molar-refractivity contribution in [2.75, 3.05) is 18.6 Å². The van der Waals surface area contributed by atoms with Crippen LogP contribution in [0.1, 0.15) is 6.42 Å². The summed E-state index contributed by atoms with van der Waals surface area (Å²) < 4.78 is 5.09. The predicted octanol–water partition coefficient (Wildman–Crippen LogP) is 1.05. The summed E-state index contributed by atoms with van der Waals surface area (Å²) in [7, 11) is 0. The largest absolute Gasteiger partial charge is 0.368 e. The summed E-state index contributed by atoms with van der Waals surface area (Å²) in [5.41, 5.74) is 5.42. The fraction of sp³-hybridized carbons (Fsp3) is 0.800. The van der Waals surface area contributed by atoms with E-state index in [9.17, 15) is 0 Å². The standard InChI is InChI=1S/C5H13N3S3/c1-11-4-2-3-8(10)5(6)7-9/h9-10H,2-4H2,1H3,(H2,6,7). The van der Waals surface area contributed by atoms with Crippen LogP contribution in [0.3, 0.4) is 0 Å². The number of hydrogen-bond acceptors (Lipinski definition) is 4. The molecule has 2 N–H and O–H groups in total. The Morgan fingerprint density at radius 3 is 2.82 bits per heavy atom. The molecule has 0 saturated carbocycles. The number of hydrogen-bond donors (Lipinski definition) is 3. The van der Waals surface area contributed by atoms with E-state index in [1.54, 1.807) is 16.1 Å². The summed E-state index contributed by atoms with van der Waals surface area (Å²) in [6, 6.07) is 0. The molecular formula is C5H13N3S3. The lowest BCUT2D eigenvalue weighted by Crippen LogP contribution is -2.30. The van der Waals surface area contributed by atoms with Crippen LogP contribution in [0, 0.1) is 0 Å². The van der Waals surface area contributed by atoms with E-state index in [2.05, 4.69) is 36.3 Å². The maximum atomic E-state index is 5.42. The Labute approximate surface area is 82.9 Å². The Morgan fingerprint density at radius 2 is 2.36 bits per heavy atom. The molecule has 0 saturated heterocycles. The van der Waals surface area contributed by atoms with E-state index in [0.717, 1.165) is 18.7 Å². The summed E-state index contributed by atoms with van der Waals surface area (Å²) in [5.74, 6) is 1.45. The van der Waals surface area contributed by atoms with Gasteiger partial charge in [0.15, 0.2) is 0 Å². The monoisotopic (exact) mass is 211 g/mol. The van der Waals surface area contributed by atoms with E-state index in [-0.39, 0.29) is 0 Å². The molecule has 0 spiro atoms. The molecule has 0 aromatic rings. The average molecular weight is 211 g/mol. The minimum absolute atomic E-state index is 0.345. The summed E-state index contributed by atoms with van der Waals surface area (Å²) in [6.07, 6.45) is 3.12. The molecule has 0 fully saturated rings. The maximum Gasteiger partial charge on any atom is 0.212 e. The van der Waals surface area contributed by atoms with Gasteiger partial charge in [-0.15, -0.1) is 0 Å². The summed E-state index contributed by atoms with van der Waals surface area (Å²) in [6.45, 7) is 0.805. The molecule has 6 heteroatoms. The third-order valence-corrected chi connectivity index (χ3v) is 2.39. The highest BCUT2D eigenvalue weighted by Crippen LogP contribution is 2.00. The number of thiol groups is 2. The van der Waals surface area contributed by atoms with E-state index in [0.29, 0.717) is 5.96 Å². The number of nitrogens with two attached hydrogens (primary N) is 1. The molecule has 3 nitrogen and oxygen atoms in total. The van der Waals surface area contributed by atoms with Gasteiger partial charge in [0.2, 0.25) is 5.96 Å². The Balaban J connectivity index is 3.44. The van der Waals surface area contributed by atoms with Gasteiger partial charge in [0, 0.05) is 6.54 Å². The van der Waals surface area contributed by atoms with Gasteiger partial charge in [-0.3, -0.25) is 4.31 Å². The first-order valence-corrected chi connectivity index (χ1v) is 5.34. The van der Waals surface area contributed by atoms with Crippen molar-refractivity contribution in [3.63, 3.8) is 0 Å². The first kappa shape index (κ1) is 11.3. The number of thioether (sulfide) groups is 1. The van der Waals surface area contributed by atoms with Gasteiger partial charge in [-0.1, -0.05) is 12.8 Å². The van der Waals surface area contributed by atoms with E-state index in [1.807, 2.05) is 0 Å². The SMILES string of the molecule is CSCCCN(S)C(N)=NS. The third-order valence-electron chi connectivity index (χ3n) is 1.09. The molecule has 0 aromatic carbocycles. The molecule has 11 heavy (non-hydrogen) atoms. The van der Waals surface area contributed by atoms with Gasteiger partial charge in [-0.25, -0.2) is 0 Å². The van der Waals surface area contributed by atoms with Crippen LogP contribution in [-0.2, 0) is 0 Å². The van der Waals surface area contributed by atoms with E-state index in [4.69, 9.17) is 5.73 Å². The zero-order valence-electron chi connectivity index (χ0n) is 6.40. The quantitative estimate of drug-likeness (QED) is 0.282. The fourth-order valence-corrected chi connectivity index (χ4v) is 1.31. The number of nitrogens with zero attached hydrogens (tertiary/aromatic N) is 2. The van der Waals surface area contributed by atoms with Gasteiger partial charge in [0.05, 0.1) is 0 Å². The maximum absolute atomic E-state index is 5.42. The van der Waals surface area contributed by atoms with Crippen LogP contribution in [0.15, 0.2) is 4.40 Å². The predicted molar refractivity (Wildman–Crippen MR) is 59.3 cm³/mol. The van der Waals surface area contributed by atoms with Crippen molar-refractivity contribution in [1.82, 2.24) is 4.31 Å². The smallest absolute Gasteiger partial charge is 0.212 e. The highest BCUT2D eigenvalue weighted by Gasteiger charge is 1.99. The molecule has 0 amide bonds. The van der Waals surface area contributed by atoms with Crippen molar-refractivity contribution in [3.05, 3.63) is 0 Å². The molecule has 0 aromatic heterocycles. The topological polar surface area (TPSA) is 41.6 Å². The van der Waals surface area contributed by atoms with Gasteiger partial charge in [-0.2, -0.15) is 16.2 Å². The molecule has 66 valence electrons. The van der Waals surface area contributed by atoms with E-state index < -0.39 is 0 Å². The summed E-state index contributed by atoms with van der Waals surface area (Å²) in [5, 5.41) is 0. The number of rotatable bonds is 4. The van der Waals surface area contributed by atoms with Crippen molar-refractivity contribution in [2.45, 2.75) is 6.42 Å².